The average Bonchev–Trinajstić information content (AvgIpc) is 2.95. The normalized spacial score (nSPS) is 11.8. The molecule has 3 N–H and O–H groups in total. The Morgan fingerprint density at radius 2 is 2.33 bits per heavy atom. The van der Waals surface area contributed by atoms with E-state index in [2.05, 4.69) is 9.82 Å². The molecule has 0 amide bonds. The van der Waals surface area contributed by atoms with Crippen LogP contribution in [0.2, 0.25) is 0 Å². The first-order valence-corrected chi connectivity index (χ1v) is 7.75. The van der Waals surface area contributed by atoms with Crippen molar-refractivity contribution in [3.05, 3.63) is 29.9 Å². The molecule has 0 fully saturated rings. The fraction of sp³-hybridized carbons (Fsp3) is 0.300. The van der Waals surface area contributed by atoms with E-state index in [4.69, 9.17) is 5.73 Å². The van der Waals surface area contributed by atoms with Crippen molar-refractivity contribution in [2.75, 3.05) is 12.3 Å². The molecule has 0 bridgehead atoms. The van der Waals surface area contributed by atoms with Crippen LogP contribution in [0.1, 0.15) is 6.42 Å². The highest BCUT2D eigenvalue weighted by Gasteiger charge is 2.15. The van der Waals surface area contributed by atoms with E-state index in [-0.39, 0.29) is 4.21 Å². The summed E-state index contributed by atoms with van der Waals surface area (Å²) in [6, 6.07) is 3.29. The number of anilines is 1. The second-order valence-electron chi connectivity index (χ2n) is 3.72. The van der Waals surface area contributed by atoms with Crippen LogP contribution in [0.3, 0.4) is 0 Å². The molecule has 98 valence electrons. The topological polar surface area (TPSA) is 90.0 Å². The first kappa shape index (κ1) is 13.1. The van der Waals surface area contributed by atoms with Gasteiger partial charge in [0.1, 0.15) is 4.21 Å². The second kappa shape index (κ2) is 5.51. The first-order chi connectivity index (χ1) is 8.58. The van der Waals surface area contributed by atoms with Gasteiger partial charge in [0.05, 0.1) is 0 Å². The van der Waals surface area contributed by atoms with Crippen LogP contribution in [0.25, 0.3) is 0 Å². The van der Waals surface area contributed by atoms with Gasteiger partial charge in [0.2, 0.25) is 10.0 Å². The van der Waals surface area contributed by atoms with Crippen molar-refractivity contribution in [3.63, 3.8) is 0 Å². The molecule has 0 saturated heterocycles. The molecule has 0 saturated carbocycles. The van der Waals surface area contributed by atoms with Gasteiger partial charge in [-0.2, -0.15) is 5.10 Å². The van der Waals surface area contributed by atoms with Gasteiger partial charge in [-0.3, -0.25) is 4.68 Å². The van der Waals surface area contributed by atoms with Crippen LogP contribution in [-0.4, -0.2) is 24.7 Å². The number of nitrogens with zero attached hydrogens (tertiary/aromatic N) is 2. The standard InChI is InChI=1S/C10H14N4O2S2/c11-9-7-10(17-8-9)18(15,16)13-4-2-6-14-5-1-3-12-14/h1,3,5,7-8,13H,2,4,6,11H2. The van der Waals surface area contributed by atoms with E-state index in [9.17, 15) is 8.42 Å². The Hall–Kier alpha value is -1.38. The van der Waals surface area contributed by atoms with Crippen molar-refractivity contribution in [1.82, 2.24) is 14.5 Å². The number of sulfonamides is 1. The largest absolute Gasteiger partial charge is 0.398 e. The third-order valence-electron chi connectivity index (χ3n) is 2.28. The van der Waals surface area contributed by atoms with Gasteiger partial charge in [-0.15, -0.1) is 11.3 Å². The highest BCUT2D eigenvalue weighted by atomic mass is 32.2. The molecule has 0 aliphatic heterocycles. The maximum Gasteiger partial charge on any atom is 0.250 e. The first-order valence-electron chi connectivity index (χ1n) is 5.39. The van der Waals surface area contributed by atoms with E-state index in [0.717, 1.165) is 11.3 Å². The Morgan fingerprint density at radius 1 is 1.50 bits per heavy atom. The van der Waals surface area contributed by atoms with E-state index in [0.29, 0.717) is 25.2 Å². The van der Waals surface area contributed by atoms with E-state index in [1.54, 1.807) is 16.3 Å². The van der Waals surface area contributed by atoms with Crippen molar-refractivity contribution in [3.8, 4) is 0 Å². The molecule has 0 aliphatic carbocycles. The fourth-order valence-electron chi connectivity index (χ4n) is 1.42. The lowest BCUT2D eigenvalue weighted by Crippen LogP contribution is -2.24. The number of aromatic nitrogens is 2. The number of nitrogen functional groups attached to an aromatic ring is 1. The molecule has 0 atom stereocenters. The summed E-state index contributed by atoms with van der Waals surface area (Å²) in [4.78, 5) is 0. The summed E-state index contributed by atoms with van der Waals surface area (Å²) in [6.45, 7) is 1.06. The van der Waals surface area contributed by atoms with Crippen LogP contribution in [-0.2, 0) is 16.6 Å². The quantitative estimate of drug-likeness (QED) is 0.772. The second-order valence-corrected chi connectivity index (χ2v) is 6.62. The molecule has 0 aromatic carbocycles. The summed E-state index contributed by atoms with van der Waals surface area (Å²) in [7, 11) is -3.42. The summed E-state index contributed by atoms with van der Waals surface area (Å²) in [5.74, 6) is 0. The number of aryl methyl sites for hydroxylation is 1. The zero-order valence-corrected chi connectivity index (χ0v) is 11.2. The van der Waals surface area contributed by atoms with Crippen molar-refractivity contribution in [2.24, 2.45) is 0 Å². The highest BCUT2D eigenvalue weighted by molar-refractivity contribution is 7.91. The Balaban J connectivity index is 1.82. The van der Waals surface area contributed by atoms with Gasteiger partial charge in [0.15, 0.2) is 0 Å². The van der Waals surface area contributed by atoms with E-state index >= 15 is 0 Å². The van der Waals surface area contributed by atoms with Crippen molar-refractivity contribution in [2.45, 2.75) is 17.2 Å². The lowest BCUT2D eigenvalue weighted by molar-refractivity contribution is 0.554. The predicted molar refractivity (Wildman–Crippen MR) is 70.8 cm³/mol. The molecule has 0 unspecified atom stereocenters. The van der Waals surface area contributed by atoms with Crippen LogP contribution in [0.4, 0.5) is 5.69 Å². The number of nitrogens with two attached hydrogens (primary N) is 1. The molecular weight excluding hydrogens is 272 g/mol. The van der Waals surface area contributed by atoms with Gasteiger partial charge < -0.3 is 5.73 Å². The third-order valence-corrected chi connectivity index (χ3v) is 5.19. The summed E-state index contributed by atoms with van der Waals surface area (Å²) in [5.41, 5.74) is 5.97. The predicted octanol–water partition coefficient (Wildman–Crippen LogP) is 0.895. The van der Waals surface area contributed by atoms with Crippen molar-refractivity contribution < 1.29 is 8.42 Å². The number of nitrogens with one attached hydrogen (secondary N) is 1. The Morgan fingerprint density at radius 3 is 2.94 bits per heavy atom. The van der Waals surface area contributed by atoms with Gasteiger partial charge in [0, 0.05) is 36.6 Å². The van der Waals surface area contributed by atoms with E-state index in [1.165, 1.54) is 6.07 Å². The molecule has 2 heterocycles. The lowest BCUT2D eigenvalue weighted by Gasteiger charge is -2.04. The summed E-state index contributed by atoms with van der Waals surface area (Å²) in [6.07, 6.45) is 4.22. The molecule has 8 heteroatoms. The van der Waals surface area contributed by atoms with Crippen LogP contribution >= 0.6 is 11.3 Å². The number of thiophene rings is 1. The van der Waals surface area contributed by atoms with Gasteiger partial charge in [0.25, 0.3) is 0 Å². The van der Waals surface area contributed by atoms with Crippen LogP contribution in [0.5, 0.6) is 0 Å². The highest BCUT2D eigenvalue weighted by Crippen LogP contribution is 2.21. The van der Waals surface area contributed by atoms with E-state index in [1.807, 2.05) is 12.3 Å². The monoisotopic (exact) mass is 286 g/mol. The Kier molecular flexibility index (Phi) is 4.00. The minimum absolute atomic E-state index is 0.249. The number of rotatable bonds is 6. The van der Waals surface area contributed by atoms with Crippen LogP contribution in [0, 0.1) is 0 Å². The molecule has 0 spiro atoms. The van der Waals surface area contributed by atoms with Crippen molar-refractivity contribution in [1.29, 1.82) is 0 Å². The Labute approximate surface area is 109 Å². The molecule has 0 aliphatic rings. The maximum atomic E-state index is 11.8. The summed E-state index contributed by atoms with van der Waals surface area (Å²) in [5, 5.41) is 5.65. The molecule has 2 aromatic heterocycles. The third kappa shape index (κ3) is 3.31. The van der Waals surface area contributed by atoms with Gasteiger partial charge in [-0.1, -0.05) is 0 Å². The molecule has 0 radical (unpaired) electrons. The van der Waals surface area contributed by atoms with E-state index < -0.39 is 10.0 Å². The molecule has 6 nitrogen and oxygen atoms in total. The maximum absolute atomic E-state index is 11.8. The average molecular weight is 286 g/mol. The Bertz CT molecular complexity index is 589. The SMILES string of the molecule is Nc1csc(S(=O)(=O)NCCCn2cccn2)c1. The summed E-state index contributed by atoms with van der Waals surface area (Å²) < 4.78 is 28.2. The minimum atomic E-state index is -3.42. The lowest BCUT2D eigenvalue weighted by atomic mass is 10.4. The van der Waals surface area contributed by atoms with Crippen LogP contribution < -0.4 is 10.5 Å². The zero-order chi connectivity index (χ0) is 13.0. The molecule has 2 rings (SSSR count). The van der Waals surface area contributed by atoms with Crippen molar-refractivity contribution >= 4 is 27.0 Å². The minimum Gasteiger partial charge on any atom is -0.398 e. The molecular formula is C10H14N4O2S2. The smallest absolute Gasteiger partial charge is 0.250 e. The molecule has 18 heavy (non-hydrogen) atoms. The van der Waals surface area contributed by atoms with Crippen LogP contribution in [0.15, 0.2) is 34.1 Å². The molecule has 2 aromatic rings. The zero-order valence-electron chi connectivity index (χ0n) is 9.61. The number of hydrogen-bond acceptors (Lipinski definition) is 5. The van der Waals surface area contributed by atoms with Gasteiger partial charge in [-0.25, -0.2) is 13.1 Å². The van der Waals surface area contributed by atoms with Gasteiger partial charge >= 0.3 is 0 Å². The summed E-state index contributed by atoms with van der Waals surface area (Å²) >= 11 is 1.12. The van der Waals surface area contributed by atoms with Gasteiger partial charge in [-0.05, 0) is 18.6 Å². The fourth-order valence-corrected chi connectivity index (χ4v) is 3.62. The number of hydrogen-bond donors (Lipinski definition) is 2.